The average Bonchev–Trinajstić information content (AvgIpc) is 2.39. The maximum absolute atomic E-state index is 10.6. The van der Waals surface area contributed by atoms with Crippen LogP contribution in [0.3, 0.4) is 0 Å². The predicted octanol–water partition coefficient (Wildman–Crippen LogP) is 3.01. The molecule has 1 aromatic rings. The van der Waals surface area contributed by atoms with Crippen molar-refractivity contribution in [3.05, 3.63) is 48.1 Å². The molecule has 4 heteroatoms. The molecule has 0 heterocycles. The standard InChI is InChI=1S/C14H17NO3/c1-17-14(16)18-11-7-3-2-4-8-12-9-5-6-10-13(12)15/h3-10H,2,11,15H2,1H3/b7-3+,8-4+. The zero-order valence-electron chi connectivity index (χ0n) is 10.3. The normalized spacial score (nSPS) is 10.9. The van der Waals surface area contributed by atoms with E-state index in [-0.39, 0.29) is 6.61 Å². The van der Waals surface area contributed by atoms with Gasteiger partial charge in [-0.25, -0.2) is 4.79 Å². The molecule has 2 N–H and O–H groups in total. The van der Waals surface area contributed by atoms with E-state index in [9.17, 15) is 4.79 Å². The van der Waals surface area contributed by atoms with Gasteiger partial charge in [0.2, 0.25) is 0 Å². The Kier molecular flexibility index (Phi) is 6.11. The second kappa shape index (κ2) is 7.95. The maximum Gasteiger partial charge on any atom is 0.508 e. The number of benzene rings is 1. The van der Waals surface area contributed by atoms with Gasteiger partial charge < -0.3 is 15.2 Å². The third-order valence-electron chi connectivity index (χ3n) is 2.20. The van der Waals surface area contributed by atoms with Crippen molar-refractivity contribution in [2.24, 2.45) is 0 Å². The van der Waals surface area contributed by atoms with E-state index < -0.39 is 6.16 Å². The molecule has 0 aliphatic rings. The van der Waals surface area contributed by atoms with E-state index in [1.807, 2.05) is 42.5 Å². The SMILES string of the molecule is COC(=O)OC/C=C/C/C=C/c1ccccc1N. The molecule has 0 aromatic heterocycles. The van der Waals surface area contributed by atoms with Crippen LogP contribution < -0.4 is 5.73 Å². The van der Waals surface area contributed by atoms with E-state index in [0.29, 0.717) is 0 Å². The van der Waals surface area contributed by atoms with Crippen LogP contribution in [0.5, 0.6) is 0 Å². The Hall–Kier alpha value is -2.23. The van der Waals surface area contributed by atoms with Crippen LogP contribution in [0, 0.1) is 0 Å². The topological polar surface area (TPSA) is 61.5 Å². The lowest BCUT2D eigenvalue weighted by molar-refractivity contribution is 0.0818. The first kappa shape index (κ1) is 13.8. The van der Waals surface area contributed by atoms with Gasteiger partial charge in [-0.15, -0.1) is 0 Å². The van der Waals surface area contributed by atoms with Gasteiger partial charge in [-0.1, -0.05) is 42.5 Å². The smallest absolute Gasteiger partial charge is 0.438 e. The minimum Gasteiger partial charge on any atom is -0.438 e. The molecule has 0 saturated heterocycles. The fourth-order valence-corrected chi connectivity index (χ4v) is 1.28. The van der Waals surface area contributed by atoms with Crippen LogP contribution in [-0.4, -0.2) is 19.9 Å². The molecule has 4 nitrogen and oxygen atoms in total. The lowest BCUT2D eigenvalue weighted by atomic mass is 10.1. The van der Waals surface area contributed by atoms with E-state index in [0.717, 1.165) is 17.7 Å². The first-order chi connectivity index (χ1) is 8.74. The molecular formula is C14H17NO3. The molecule has 18 heavy (non-hydrogen) atoms. The van der Waals surface area contributed by atoms with Crippen molar-refractivity contribution in [3.63, 3.8) is 0 Å². The summed E-state index contributed by atoms with van der Waals surface area (Å²) in [5.41, 5.74) is 7.54. The van der Waals surface area contributed by atoms with Crippen LogP contribution in [0.25, 0.3) is 6.08 Å². The molecule has 0 spiro atoms. The second-order valence-electron chi connectivity index (χ2n) is 3.50. The Morgan fingerprint density at radius 2 is 2.06 bits per heavy atom. The monoisotopic (exact) mass is 247 g/mol. The van der Waals surface area contributed by atoms with Crippen molar-refractivity contribution in [2.75, 3.05) is 19.5 Å². The summed E-state index contributed by atoms with van der Waals surface area (Å²) in [5, 5.41) is 0. The van der Waals surface area contributed by atoms with E-state index >= 15 is 0 Å². The molecule has 1 rings (SSSR count). The van der Waals surface area contributed by atoms with E-state index in [1.165, 1.54) is 7.11 Å². The van der Waals surface area contributed by atoms with Crippen LogP contribution in [0.15, 0.2) is 42.5 Å². The fourth-order valence-electron chi connectivity index (χ4n) is 1.28. The summed E-state index contributed by atoms with van der Waals surface area (Å²) < 4.78 is 9.01. The van der Waals surface area contributed by atoms with Gasteiger partial charge in [0.05, 0.1) is 7.11 Å². The molecule has 0 atom stereocenters. The van der Waals surface area contributed by atoms with Crippen LogP contribution in [0.2, 0.25) is 0 Å². The van der Waals surface area contributed by atoms with E-state index in [2.05, 4.69) is 9.47 Å². The Morgan fingerprint density at radius 3 is 2.78 bits per heavy atom. The molecule has 0 aliphatic carbocycles. The Labute approximate surface area is 107 Å². The first-order valence-electron chi connectivity index (χ1n) is 5.61. The van der Waals surface area contributed by atoms with Gasteiger partial charge in [-0.05, 0) is 18.1 Å². The summed E-state index contributed by atoms with van der Waals surface area (Å²) in [5.74, 6) is 0. The lowest BCUT2D eigenvalue weighted by Gasteiger charge is -1.98. The van der Waals surface area contributed by atoms with Crippen molar-refractivity contribution in [3.8, 4) is 0 Å². The molecule has 1 aromatic carbocycles. The Morgan fingerprint density at radius 1 is 1.28 bits per heavy atom. The number of allylic oxidation sites excluding steroid dienone is 2. The van der Waals surface area contributed by atoms with Crippen molar-refractivity contribution >= 4 is 17.9 Å². The van der Waals surface area contributed by atoms with Crippen molar-refractivity contribution in [1.29, 1.82) is 0 Å². The fraction of sp³-hybridized carbons (Fsp3) is 0.214. The van der Waals surface area contributed by atoms with Gasteiger partial charge in [0.25, 0.3) is 0 Å². The summed E-state index contributed by atoms with van der Waals surface area (Å²) in [6.45, 7) is 0.216. The number of para-hydroxylation sites is 1. The number of nitrogen functional groups attached to an aromatic ring is 1. The predicted molar refractivity (Wildman–Crippen MR) is 72.0 cm³/mol. The van der Waals surface area contributed by atoms with Crippen molar-refractivity contribution in [2.45, 2.75) is 6.42 Å². The molecule has 0 aliphatic heterocycles. The zero-order valence-corrected chi connectivity index (χ0v) is 10.3. The molecular weight excluding hydrogens is 230 g/mol. The van der Waals surface area contributed by atoms with Gasteiger partial charge >= 0.3 is 6.16 Å². The highest BCUT2D eigenvalue weighted by molar-refractivity contribution is 5.64. The number of carbonyl (C=O) groups is 1. The van der Waals surface area contributed by atoms with Gasteiger partial charge in [0.15, 0.2) is 0 Å². The zero-order chi connectivity index (χ0) is 13.2. The number of hydrogen-bond acceptors (Lipinski definition) is 4. The van der Waals surface area contributed by atoms with Crippen molar-refractivity contribution < 1.29 is 14.3 Å². The minimum atomic E-state index is -0.674. The quantitative estimate of drug-likeness (QED) is 0.493. The van der Waals surface area contributed by atoms with Gasteiger partial charge in [-0.2, -0.15) is 0 Å². The summed E-state index contributed by atoms with van der Waals surface area (Å²) >= 11 is 0. The molecule has 96 valence electrons. The third-order valence-corrected chi connectivity index (χ3v) is 2.20. The molecule has 0 fully saturated rings. The number of methoxy groups -OCH3 is 1. The summed E-state index contributed by atoms with van der Waals surface area (Å²) in [7, 11) is 1.28. The molecule has 0 bridgehead atoms. The highest BCUT2D eigenvalue weighted by atomic mass is 16.7. The molecule has 0 radical (unpaired) electrons. The summed E-state index contributed by atoms with van der Waals surface area (Å²) in [6.07, 6.45) is 7.68. The van der Waals surface area contributed by atoms with Crippen LogP contribution in [-0.2, 0) is 9.47 Å². The number of ether oxygens (including phenoxy) is 2. The second-order valence-corrected chi connectivity index (χ2v) is 3.50. The number of hydrogen-bond donors (Lipinski definition) is 1. The molecule has 0 amide bonds. The highest BCUT2D eigenvalue weighted by Gasteiger charge is 1.95. The van der Waals surface area contributed by atoms with E-state index in [4.69, 9.17) is 5.73 Å². The highest BCUT2D eigenvalue weighted by Crippen LogP contribution is 2.12. The number of rotatable bonds is 5. The molecule has 0 unspecified atom stereocenters. The third kappa shape index (κ3) is 5.21. The van der Waals surface area contributed by atoms with Gasteiger partial charge in [0, 0.05) is 5.69 Å². The minimum absolute atomic E-state index is 0.216. The Bertz CT molecular complexity index is 438. The van der Waals surface area contributed by atoms with Crippen molar-refractivity contribution in [1.82, 2.24) is 0 Å². The molecule has 0 saturated carbocycles. The van der Waals surface area contributed by atoms with Crippen LogP contribution >= 0.6 is 0 Å². The Balaban J connectivity index is 2.27. The van der Waals surface area contributed by atoms with Gasteiger partial charge in [0.1, 0.15) is 6.61 Å². The number of carbonyl (C=O) groups excluding carboxylic acids is 1. The number of nitrogens with two attached hydrogens (primary N) is 1. The van der Waals surface area contributed by atoms with Gasteiger partial charge in [-0.3, -0.25) is 0 Å². The average molecular weight is 247 g/mol. The van der Waals surface area contributed by atoms with Crippen LogP contribution in [0.4, 0.5) is 10.5 Å². The summed E-state index contributed by atoms with van der Waals surface area (Å²) in [4.78, 5) is 10.6. The lowest BCUT2D eigenvalue weighted by Crippen LogP contribution is -2.03. The van der Waals surface area contributed by atoms with E-state index in [1.54, 1.807) is 6.08 Å². The maximum atomic E-state index is 10.6. The van der Waals surface area contributed by atoms with Crippen LogP contribution in [0.1, 0.15) is 12.0 Å². The number of anilines is 1. The largest absolute Gasteiger partial charge is 0.508 e. The summed E-state index contributed by atoms with van der Waals surface area (Å²) in [6, 6.07) is 7.66. The first-order valence-corrected chi connectivity index (χ1v) is 5.61.